The van der Waals surface area contributed by atoms with Crippen LogP contribution in [0.5, 0.6) is 0 Å². The number of carbonyl (C=O) groups excluding carboxylic acids is 1. The van der Waals surface area contributed by atoms with Crippen LogP contribution in [0.15, 0.2) is 77.7 Å². The average Bonchev–Trinajstić information content (AvgIpc) is 3.21. The van der Waals surface area contributed by atoms with Gasteiger partial charge in [-0.05, 0) is 54.4 Å². The first-order chi connectivity index (χ1) is 15.9. The van der Waals surface area contributed by atoms with Gasteiger partial charge in [-0.25, -0.2) is 8.42 Å². The Kier molecular flexibility index (Phi) is 6.16. The van der Waals surface area contributed by atoms with Gasteiger partial charge >= 0.3 is 0 Å². The van der Waals surface area contributed by atoms with Crippen LogP contribution in [-0.2, 0) is 10.0 Å². The Bertz CT molecular complexity index is 1450. The summed E-state index contributed by atoms with van der Waals surface area (Å²) in [4.78, 5) is 16.1. The fourth-order valence-electron chi connectivity index (χ4n) is 3.58. The molecule has 0 radical (unpaired) electrons. The van der Waals surface area contributed by atoms with Gasteiger partial charge in [-0.2, -0.15) is 5.26 Å². The van der Waals surface area contributed by atoms with Crippen molar-refractivity contribution in [3.05, 3.63) is 84.1 Å². The molecule has 166 valence electrons. The summed E-state index contributed by atoms with van der Waals surface area (Å²) in [7, 11) is -3.85. The molecular weight excluding hydrogens is 436 g/mol. The lowest BCUT2D eigenvalue weighted by atomic mass is 10.0. The van der Waals surface area contributed by atoms with Crippen molar-refractivity contribution in [1.29, 1.82) is 5.26 Å². The summed E-state index contributed by atoms with van der Waals surface area (Å²) < 4.78 is 28.3. The van der Waals surface area contributed by atoms with Crippen molar-refractivity contribution in [3.63, 3.8) is 0 Å². The number of nitrogens with zero attached hydrogens (tertiary/aromatic N) is 1. The van der Waals surface area contributed by atoms with Crippen molar-refractivity contribution in [3.8, 4) is 17.2 Å². The maximum absolute atomic E-state index is 12.9. The normalized spacial score (nSPS) is 11.2. The minimum Gasteiger partial charge on any atom is -0.351 e. The third-order valence-electron chi connectivity index (χ3n) is 5.17. The highest BCUT2D eigenvalue weighted by Crippen LogP contribution is 2.34. The number of nitrogens with one attached hydrogen (secondary N) is 3. The Balaban J connectivity index is 1.77. The Labute approximate surface area is 192 Å². The monoisotopic (exact) mass is 458 g/mol. The van der Waals surface area contributed by atoms with Gasteiger partial charge in [-0.15, -0.1) is 0 Å². The van der Waals surface area contributed by atoms with Gasteiger partial charge in [0.1, 0.15) is 5.69 Å². The lowest BCUT2D eigenvalue weighted by molar-refractivity contribution is 0.0950. The Morgan fingerprint density at radius 2 is 1.76 bits per heavy atom. The van der Waals surface area contributed by atoms with Crippen LogP contribution in [0.25, 0.3) is 22.0 Å². The van der Waals surface area contributed by atoms with E-state index in [4.69, 9.17) is 5.26 Å². The van der Waals surface area contributed by atoms with E-state index in [1.165, 1.54) is 24.3 Å². The summed E-state index contributed by atoms with van der Waals surface area (Å²) in [5, 5.41) is 12.6. The lowest BCUT2D eigenvalue weighted by Crippen LogP contribution is -2.24. The van der Waals surface area contributed by atoms with Gasteiger partial charge in [0.2, 0.25) is 0 Å². The number of aromatic amines is 1. The van der Waals surface area contributed by atoms with Crippen molar-refractivity contribution in [2.45, 2.75) is 18.2 Å². The first-order valence-corrected chi connectivity index (χ1v) is 11.9. The fourth-order valence-corrected chi connectivity index (χ4v) is 4.63. The summed E-state index contributed by atoms with van der Waals surface area (Å²) in [6.07, 6.45) is 0.813. The number of sulfonamides is 1. The molecule has 0 aliphatic carbocycles. The number of fused-ring (bicyclic) bond motifs is 1. The zero-order chi connectivity index (χ0) is 23.4. The quantitative estimate of drug-likeness (QED) is 0.374. The van der Waals surface area contributed by atoms with Gasteiger partial charge in [0.15, 0.2) is 0 Å². The van der Waals surface area contributed by atoms with Crippen LogP contribution in [-0.4, -0.2) is 25.9 Å². The van der Waals surface area contributed by atoms with Crippen LogP contribution in [0.4, 0.5) is 5.69 Å². The van der Waals surface area contributed by atoms with Gasteiger partial charge in [0.25, 0.3) is 15.9 Å². The first-order valence-electron chi connectivity index (χ1n) is 10.5. The zero-order valence-corrected chi connectivity index (χ0v) is 18.7. The predicted molar refractivity (Wildman–Crippen MR) is 128 cm³/mol. The van der Waals surface area contributed by atoms with Crippen LogP contribution in [0.2, 0.25) is 0 Å². The second-order valence-electron chi connectivity index (χ2n) is 7.50. The van der Waals surface area contributed by atoms with Crippen LogP contribution >= 0.6 is 0 Å². The van der Waals surface area contributed by atoms with Crippen molar-refractivity contribution in [2.24, 2.45) is 0 Å². The number of hydrogen-bond donors (Lipinski definition) is 3. The number of hydrogen-bond acceptors (Lipinski definition) is 4. The van der Waals surface area contributed by atoms with Gasteiger partial charge < -0.3 is 10.3 Å². The van der Waals surface area contributed by atoms with Crippen LogP contribution in [0, 0.1) is 11.3 Å². The average molecular weight is 459 g/mol. The van der Waals surface area contributed by atoms with E-state index in [-0.39, 0.29) is 10.8 Å². The van der Waals surface area contributed by atoms with Gasteiger partial charge in [-0.3, -0.25) is 9.52 Å². The molecule has 0 aliphatic heterocycles. The maximum atomic E-state index is 12.9. The summed E-state index contributed by atoms with van der Waals surface area (Å²) >= 11 is 0. The lowest BCUT2D eigenvalue weighted by Gasteiger charge is -2.09. The molecule has 4 aromatic rings. The molecule has 1 amide bonds. The molecule has 1 aromatic heterocycles. The number of nitriles is 1. The number of H-pyrrole nitrogens is 1. The minimum atomic E-state index is -3.85. The standard InChI is InChI=1S/C25H22N4O3S/c1-2-14-27-25(30)24-23(18-6-4-3-5-7-18)21-15-19(10-13-22(21)28-24)29-33(31,32)20-11-8-17(16-26)9-12-20/h3-13,15,28-29H,2,14H2,1H3,(H,27,30). The second-order valence-corrected chi connectivity index (χ2v) is 9.18. The van der Waals surface area contributed by atoms with Crippen molar-refractivity contribution < 1.29 is 13.2 Å². The number of anilines is 1. The molecule has 0 fully saturated rings. The highest BCUT2D eigenvalue weighted by molar-refractivity contribution is 7.92. The molecule has 7 nitrogen and oxygen atoms in total. The van der Waals surface area contributed by atoms with Crippen molar-refractivity contribution in [1.82, 2.24) is 10.3 Å². The molecule has 3 N–H and O–H groups in total. The molecule has 33 heavy (non-hydrogen) atoms. The third-order valence-corrected chi connectivity index (χ3v) is 6.57. The summed E-state index contributed by atoms with van der Waals surface area (Å²) in [5.74, 6) is -0.216. The van der Waals surface area contributed by atoms with Gasteiger partial charge in [0.05, 0.1) is 16.5 Å². The number of amides is 1. The van der Waals surface area contributed by atoms with E-state index in [0.717, 1.165) is 22.9 Å². The molecule has 0 spiro atoms. The van der Waals surface area contributed by atoms with E-state index in [1.807, 2.05) is 43.3 Å². The van der Waals surface area contributed by atoms with Crippen LogP contribution in [0.3, 0.4) is 0 Å². The number of carbonyl (C=O) groups is 1. The van der Waals surface area contributed by atoms with E-state index >= 15 is 0 Å². The smallest absolute Gasteiger partial charge is 0.268 e. The molecule has 0 aliphatic rings. The van der Waals surface area contributed by atoms with Gasteiger partial charge in [-0.1, -0.05) is 37.3 Å². The summed E-state index contributed by atoms with van der Waals surface area (Å²) in [6.45, 7) is 2.54. The molecule has 4 rings (SSSR count). The molecular formula is C25H22N4O3S. The van der Waals surface area contributed by atoms with Crippen LogP contribution in [0.1, 0.15) is 29.4 Å². The zero-order valence-electron chi connectivity index (χ0n) is 17.9. The SMILES string of the molecule is CCCNC(=O)c1[nH]c2ccc(NS(=O)(=O)c3ccc(C#N)cc3)cc2c1-c1ccccc1. The van der Waals surface area contributed by atoms with Crippen molar-refractivity contribution >= 4 is 32.5 Å². The van der Waals surface area contributed by atoms with E-state index in [2.05, 4.69) is 15.0 Å². The largest absolute Gasteiger partial charge is 0.351 e. The third kappa shape index (κ3) is 4.59. The number of rotatable bonds is 7. The molecule has 0 saturated carbocycles. The number of benzene rings is 3. The van der Waals surface area contributed by atoms with E-state index < -0.39 is 10.0 Å². The number of aromatic nitrogens is 1. The predicted octanol–water partition coefficient (Wildman–Crippen LogP) is 4.65. The Morgan fingerprint density at radius 1 is 1.03 bits per heavy atom. The van der Waals surface area contributed by atoms with E-state index in [1.54, 1.807) is 18.2 Å². The highest BCUT2D eigenvalue weighted by Gasteiger charge is 2.20. The highest BCUT2D eigenvalue weighted by atomic mass is 32.2. The maximum Gasteiger partial charge on any atom is 0.268 e. The molecule has 0 atom stereocenters. The van der Waals surface area contributed by atoms with Gasteiger partial charge in [0, 0.05) is 28.7 Å². The van der Waals surface area contributed by atoms with Crippen molar-refractivity contribution in [2.75, 3.05) is 11.3 Å². The first kappa shape index (κ1) is 22.1. The Morgan fingerprint density at radius 3 is 2.42 bits per heavy atom. The molecule has 0 bridgehead atoms. The van der Waals surface area contributed by atoms with Crippen LogP contribution < -0.4 is 10.0 Å². The minimum absolute atomic E-state index is 0.0542. The molecule has 3 aromatic carbocycles. The summed E-state index contributed by atoms with van der Waals surface area (Å²) in [5.41, 5.74) is 3.44. The topological polar surface area (TPSA) is 115 Å². The molecule has 0 saturated heterocycles. The second kappa shape index (κ2) is 9.18. The Hall–Kier alpha value is -4.09. The van der Waals surface area contributed by atoms with E-state index in [9.17, 15) is 13.2 Å². The fraction of sp³-hybridized carbons (Fsp3) is 0.120. The summed E-state index contributed by atoms with van der Waals surface area (Å²) in [6, 6.07) is 22.3. The molecule has 8 heteroatoms. The molecule has 0 unspecified atom stereocenters. The molecule has 1 heterocycles. The van der Waals surface area contributed by atoms with E-state index in [0.29, 0.717) is 29.1 Å².